The first-order chi connectivity index (χ1) is 14.1. The van der Waals surface area contributed by atoms with E-state index in [2.05, 4.69) is 31.2 Å². The second-order valence-corrected chi connectivity index (χ2v) is 7.88. The Bertz CT molecular complexity index is 1470. The second kappa shape index (κ2) is 5.82. The molecule has 4 aromatic rings. The van der Waals surface area contributed by atoms with Gasteiger partial charge in [-0.25, -0.2) is 4.79 Å². The van der Waals surface area contributed by atoms with Crippen LogP contribution in [0.3, 0.4) is 0 Å². The zero-order chi connectivity index (χ0) is 19.7. The van der Waals surface area contributed by atoms with Crippen LogP contribution in [0.15, 0.2) is 82.0 Å². The zero-order valence-corrected chi connectivity index (χ0v) is 16.4. The molecule has 0 saturated heterocycles. The Balaban J connectivity index is 1.83. The smallest absolute Gasteiger partial charge is 0.344 e. The molecular weight excluding hydrogens is 380 g/mol. The van der Waals surface area contributed by atoms with Crippen molar-refractivity contribution in [3.63, 3.8) is 0 Å². The lowest BCUT2D eigenvalue weighted by molar-refractivity contribution is 0.558. The average molecular weight is 395 g/mol. The van der Waals surface area contributed by atoms with Gasteiger partial charge in [0.1, 0.15) is 5.58 Å². The maximum atomic E-state index is 13.2. The Morgan fingerprint density at radius 1 is 0.759 bits per heavy atom. The molecular formula is C26H15ClO2. The van der Waals surface area contributed by atoms with Gasteiger partial charge in [-0.15, -0.1) is 0 Å². The SMILES string of the molecule is CC1=C2C(=C(c3ccccc3)c3ccccc32)c2c1c1cc(Cl)ccc1oc2=O. The highest BCUT2D eigenvalue weighted by atomic mass is 35.5. The summed E-state index contributed by atoms with van der Waals surface area (Å²) in [5.41, 5.74) is 9.51. The summed E-state index contributed by atoms with van der Waals surface area (Å²) in [7, 11) is 0. The Labute approximate surface area is 172 Å². The summed E-state index contributed by atoms with van der Waals surface area (Å²) in [6.07, 6.45) is 0. The first kappa shape index (κ1) is 16.6. The summed E-state index contributed by atoms with van der Waals surface area (Å²) in [4.78, 5) is 13.2. The molecule has 2 aliphatic rings. The monoisotopic (exact) mass is 394 g/mol. The molecule has 6 rings (SSSR count). The van der Waals surface area contributed by atoms with Crippen LogP contribution in [0.25, 0.3) is 33.3 Å². The Morgan fingerprint density at radius 2 is 1.45 bits per heavy atom. The van der Waals surface area contributed by atoms with E-state index in [1.54, 1.807) is 12.1 Å². The molecule has 2 aliphatic carbocycles. The quantitative estimate of drug-likeness (QED) is 0.338. The van der Waals surface area contributed by atoms with E-state index in [9.17, 15) is 4.79 Å². The van der Waals surface area contributed by atoms with E-state index < -0.39 is 0 Å². The van der Waals surface area contributed by atoms with Crippen LogP contribution in [-0.4, -0.2) is 0 Å². The number of hydrogen-bond acceptors (Lipinski definition) is 2. The summed E-state index contributed by atoms with van der Waals surface area (Å²) < 4.78 is 5.72. The molecule has 0 aliphatic heterocycles. The van der Waals surface area contributed by atoms with Crippen molar-refractivity contribution >= 4 is 44.9 Å². The van der Waals surface area contributed by atoms with Crippen molar-refractivity contribution in [2.75, 3.05) is 0 Å². The largest absolute Gasteiger partial charge is 0.422 e. The topological polar surface area (TPSA) is 30.2 Å². The molecule has 0 fully saturated rings. The Morgan fingerprint density at radius 3 is 2.21 bits per heavy atom. The first-order valence-corrected chi connectivity index (χ1v) is 9.91. The third kappa shape index (κ3) is 2.15. The molecule has 0 N–H and O–H groups in total. The van der Waals surface area contributed by atoms with Crippen LogP contribution in [0.1, 0.15) is 34.7 Å². The van der Waals surface area contributed by atoms with Crippen molar-refractivity contribution in [1.82, 2.24) is 0 Å². The molecule has 3 aromatic carbocycles. The molecule has 0 bridgehead atoms. The molecule has 138 valence electrons. The predicted octanol–water partition coefficient (Wildman–Crippen LogP) is 6.66. The van der Waals surface area contributed by atoms with Gasteiger partial charge in [0.15, 0.2) is 0 Å². The lowest BCUT2D eigenvalue weighted by atomic mass is 9.93. The van der Waals surface area contributed by atoms with Gasteiger partial charge < -0.3 is 4.42 Å². The first-order valence-electron chi connectivity index (χ1n) is 9.53. The Hall–Kier alpha value is -3.36. The van der Waals surface area contributed by atoms with Gasteiger partial charge >= 0.3 is 5.63 Å². The molecule has 0 radical (unpaired) electrons. The van der Waals surface area contributed by atoms with E-state index in [0.717, 1.165) is 49.9 Å². The molecule has 29 heavy (non-hydrogen) atoms. The van der Waals surface area contributed by atoms with Gasteiger partial charge in [0.2, 0.25) is 0 Å². The third-order valence-electron chi connectivity index (χ3n) is 5.90. The summed E-state index contributed by atoms with van der Waals surface area (Å²) in [6, 6.07) is 24.0. The fourth-order valence-electron chi connectivity index (χ4n) is 4.77. The van der Waals surface area contributed by atoms with Gasteiger partial charge in [0.05, 0.1) is 5.56 Å². The lowest BCUT2D eigenvalue weighted by Crippen LogP contribution is -2.08. The van der Waals surface area contributed by atoms with Crippen molar-refractivity contribution in [3.8, 4) is 0 Å². The number of rotatable bonds is 1. The van der Waals surface area contributed by atoms with Crippen LogP contribution in [0, 0.1) is 0 Å². The minimum Gasteiger partial charge on any atom is -0.422 e. The zero-order valence-electron chi connectivity index (χ0n) is 15.6. The highest BCUT2D eigenvalue weighted by molar-refractivity contribution is 6.35. The molecule has 0 unspecified atom stereocenters. The minimum absolute atomic E-state index is 0.305. The second-order valence-electron chi connectivity index (χ2n) is 7.44. The molecule has 0 spiro atoms. The molecule has 0 atom stereocenters. The molecule has 2 nitrogen and oxygen atoms in total. The number of fused-ring (bicyclic) bond motifs is 7. The van der Waals surface area contributed by atoms with Crippen LogP contribution in [-0.2, 0) is 0 Å². The number of benzene rings is 3. The normalized spacial score (nSPS) is 14.4. The van der Waals surface area contributed by atoms with Gasteiger partial charge in [-0.05, 0) is 58.5 Å². The van der Waals surface area contributed by atoms with Crippen LogP contribution >= 0.6 is 11.6 Å². The predicted molar refractivity (Wildman–Crippen MR) is 119 cm³/mol. The van der Waals surface area contributed by atoms with Gasteiger partial charge in [-0.3, -0.25) is 0 Å². The Kier molecular flexibility index (Phi) is 3.33. The van der Waals surface area contributed by atoms with Crippen molar-refractivity contribution in [2.45, 2.75) is 6.92 Å². The highest BCUT2D eigenvalue weighted by Crippen LogP contribution is 2.57. The number of hydrogen-bond donors (Lipinski definition) is 0. The fraction of sp³-hybridized carbons (Fsp3) is 0.0385. The van der Waals surface area contributed by atoms with Crippen LogP contribution in [0.4, 0.5) is 0 Å². The highest BCUT2D eigenvalue weighted by Gasteiger charge is 2.38. The van der Waals surface area contributed by atoms with Crippen molar-refractivity contribution in [3.05, 3.63) is 116 Å². The maximum Gasteiger partial charge on any atom is 0.344 e. The van der Waals surface area contributed by atoms with E-state index in [1.165, 1.54) is 0 Å². The number of allylic oxidation sites excluding steroid dienone is 3. The molecule has 0 amide bonds. The molecule has 1 heterocycles. The summed E-state index contributed by atoms with van der Waals surface area (Å²) in [6.45, 7) is 2.09. The van der Waals surface area contributed by atoms with Crippen molar-refractivity contribution in [2.24, 2.45) is 0 Å². The average Bonchev–Trinajstić information content (AvgIpc) is 3.23. The summed E-state index contributed by atoms with van der Waals surface area (Å²) in [5, 5.41) is 1.50. The van der Waals surface area contributed by atoms with Gasteiger partial charge in [0, 0.05) is 21.5 Å². The molecule has 3 heteroatoms. The van der Waals surface area contributed by atoms with E-state index >= 15 is 0 Å². The van der Waals surface area contributed by atoms with Crippen molar-refractivity contribution in [1.29, 1.82) is 0 Å². The third-order valence-corrected chi connectivity index (χ3v) is 6.13. The van der Waals surface area contributed by atoms with Gasteiger partial charge in [-0.1, -0.05) is 66.2 Å². The molecule has 0 saturated carbocycles. The van der Waals surface area contributed by atoms with E-state index in [1.807, 2.05) is 36.4 Å². The van der Waals surface area contributed by atoms with E-state index in [0.29, 0.717) is 16.2 Å². The van der Waals surface area contributed by atoms with Gasteiger partial charge in [0.25, 0.3) is 0 Å². The number of halogens is 1. The standard InChI is InChI=1S/C26H15ClO2/c1-14-21-17-9-5-6-10-18(17)23(15-7-3-2-4-8-15)24(21)25-22(14)19-13-16(27)11-12-20(19)29-26(25)28/h2-13H,1H3. The van der Waals surface area contributed by atoms with Crippen LogP contribution in [0.2, 0.25) is 5.02 Å². The van der Waals surface area contributed by atoms with E-state index in [4.69, 9.17) is 16.0 Å². The van der Waals surface area contributed by atoms with E-state index in [-0.39, 0.29) is 5.63 Å². The van der Waals surface area contributed by atoms with Crippen LogP contribution in [0.5, 0.6) is 0 Å². The summed E-state index contributed by atoms with van der Waals surface area (Å²) in [5.74, 6) is 0. The summed E-state index contributed by atoms with van der Waals surface area (Å²) >= 11 is 6.29. The maximum absolute atomic E-state index is 13.2. The van der Waals surface area contributed by atoms with Crippen molar-refractivity contribution < 1.29 is 4.42 Å². The van der Waals surface area contributed by atoms with Crippen LogP contribution < -0.4 is 5.63 Å². The van der Waals surface area contributed by atoms with Gasteiger partial charge in [-0.2, -0.15) is 0 Å². The minimum atomic E-state index is -0.305. The molecule has 1 aromatic heterocycles. The fourth-order valence-corrected chi connectivity index (χ4v) is 4.95. The lowest BCUT2D eigenvalue weighted by Gasteiger charge is -2.11.